The minimum absolute atomic E-state index is 0.0254. The summed E-state index contributed by atoms with van der Waals surface area (Å²) in [5, 5.41) is 0.220. The second-order valence-corrected chi connectivity index (χ2v) is 12.3. The van der Waals surface area contributed by atoms with Crippen molar-refractivity contribution in [2.75, 3.05) is 4.90 Å². The highest BCUT2D eigenvalue weighted by Gasteiger charge is 2.51. The number of esters is 1. The number of halogens is 4. The number of pyridine rings is 2. The van der Waals surface area contributed by atoms with E-state index in [2.05, 4.69) is 15.0 Å². The monoisotopic (exact) mass is 664 g/mol. The van der Waals surface area contributed by atoms with Gasteiger partial charge in [0.15, 0.2) is 11.4 Å². The summed E-state index contributed by atoms with van der Waals surface area (Å²) in [6.45, 7) is 1.20. The SMILES string of the molecule is CC1(Cc2ccc(F)cn2)OC(=O)c2c1nc(CC1CC1)c(C(N)=O)c2-c1ccc2c(c1)OC(F)(F)C(=O)N2Cc1ncc(Cl)cn1. The van der Waals surface area contributed by atoms with Gasteiger partial charge in [-0.05, 0) is 61.9 Å². The van der Waals surface area contributed by atoms with Crippen LogP contribution in [0.1, 0.15) is 63.4 Å². The highest BCUT2D eigenvalue weighted by Crippen LogP contribution is 2.48. The van der Waals surface area contributed by atoms with Crippen LogP contribution in [0.3, 0.4) is 0 Å². The van der Waals surface area contributed by atoms with Gasteiger partial charge in [0, 0.05) is 30.1 Å². The van der Waals surface area contributed by atoms with Crippen LogP contribution in [0.25, 0.3) is 11.1 Å². The number of anilines is 1. The fourth-order valence-electron chi connectivity index (χ4n) is 5.94. The van der Waals surface area contributed by atoms with Crippen LogP contribution in [-0.4, -0.2) is 43.8 Å². The van der Waals surface area contributed by atoms with Gasteiger partial charge in [-0.15, -0.1) is 0 Å². The lowest BCUT2D eigenvalue weighted by Gasteiger charge is -2.33. The summed E-state index contributed by atoms with van der Waals surface area (Å²) in [6, 6.07) is 6.71. The van der Waals surface area contributed by atoms with Crippen LogP contribution in [0, 0.1) is 11.7 Å². The average Bonchev–Trinajstić information content (AvgIpc) is 3.80. The maximum atomic E-state index is 15.0. The lowest BCUT2D eigenvalue weighted by Crippen LogP contribution is -2.50. The van der Waals surface area contributed by atoms with Gasteiger partial charge in [0.25, 0.3) is 5.91 Å². The van der Waals surface area contributed by atoms with Crippen molar-refractivity contribution in [2.45, 2.75) is 50.9 Å². The van der Waals surface area contributed by atoms with E-state index in [0.717, 1.165) is 23.9 Å². The number of hydrogen-bond acceptors (Lipinski definition) is 9. The average molecular weight is 665 g/mol. The van der Waals surface area contributed by atoms with Crippen molar-refractivity contribution in [1.29, 1.82) is 0 Å². The summed E-state index contributed by atoms with van der Waals surface area (Å²) >= 11 is 5.84. The first kappa shape index (κ1) is 30.5. The first-order chi connectivity index (χ1) is 22.3. The lowest BCUT2D eigenvalue weighted by atomic mass is 9.86. The molecule has 1 saturated carbocycles. The van der Waals surface area contributed by atoms with Crippen molar-refractivity contribution in [1.82, 2.24) is 19.9 Å². The van der Waals surface area contributed by atoms with Gasteiger partial charge >= 0.3 is 18.0 Å². The van der Waals surface area contributed by atoms with E-state index < -0.39 is 47.6 Å². The van der Waals surface area contributed by atoms with Gasteiger partial charge in [-0.3, -0.25) is 24.5 Å². The largest absolute Gasteiger partial charge is 0.482 e. The van der Waals surface area contributed by atoms with Gasteiger partial charge < -0.3 is 15.2 Å². The predicted molar refractivity (Wildman–Crippen MR) is 159 cm³/mol. The summed E-state index contributed by atoms with van der Waals surface area (Å²) in [5.41, 5.74) is 5.48. The minimum atomic E-state index is -4.26. The fourth-order valence-corrected chi connectivity index (χ4v) is 6.03. The normalized spacial score (nSPS) is 19.6. The van der Waals surface area contributed by atoms with E-state index in [4.69, 9.17) is 31.8 Å². The van der Waals surface area contributed by atoms with E-state index >= 15 is 8.78 Å². The molecule has 3 aliphatic rings. The number of fused-ring (bicyclic) bond motifs is 2. The molecular formula is C32H24ClF3N6O5. The van der Waals surface area contributed by atoms with Crippen molar-refractivity contribution in [2.24, 2.45) is 11.7 Å². The first-order valence-electron chi connectivity index (χ1n) is 14.5. The molecule has 1 unspecified atom stereocenters. The topological polar surface area (TPSA) is 150 Å². The van der Waals surface area contributed by atoms with E-state index in [1.54, 1.807) is 6.92 Å². The molecule has 3 aromatic heterocycles. The molecule has 1 aliphatic carbocycles. The van der Waals surface area contributed by atoms with Crippen LogP contribution in [-0.2, 0) is 34.5 Å². The molecule has 2 N–H and O–H groups in total. The highest BCUT2D eigenvalue weighted by molar-refractivity contribution is 6.30. The molecular weight excluding hydrogens is 641 g/mol. The number of carbonyl (C=O) groups is 3. The Labute approximate surface area is 269 Å². The zero-order valence-electron chi connectivity index (χ0n) is 24.6. The maximum Gasteiger partial charge on any atom is 0.482 e. The Morgan fingerprint density at radius 1 is 1.06 bits per heavy atom. The summed E-state index contributed by atoms with van der Waals surface area (Å²) in [5.74, 6) is -4.02. The van der Waals surface area contributed by atoms with Crippen LogP contribution in [0.5, 0.6) is 5.75 Å². The van der Waals surface area contributed by atoms with Gasteiger partial charge in [0.1, 0.15) is 11.6 Å². The predicted octanol–water partition coefficient (Wildman–Crippen LogP) is 4.92. The second kappa shape index (κ2) is 11.0. The molecule has 0 saturated heterocycles. The third-order valence-corrected chi connectivity index (χ3v) is 8.47. The Kier molecular flexibility index (Phi) is 7.15. The number of primary amides is 1. The van der Waals surface area contributed by atoms with Gasteiger partial charge in [-0.25, -0.2) is 19.2 Å². The molecule has 0 spiro atoms. The summed E-state index contributed by atoms with van der Waals surface area (Å²) in [6.07, 6.45) is 1.53. The zero-order chi connectivity index (χ0) is 33.2. The van der Waals surface area contributed by atoms with Crippen molar-refractivity contribution in [3.8, 4) is 16.9 Å². The molecule has 1 atom stereocenters. The van der Waals surface area contributed by atoms with E-state index in [9.17, 15) is 18.8 Å². The van der Waals surface area contributed by atoms with E-state index in [0.29, 0.717) is 17.8 Å². The first-order valence-corrected chi connectivity index (χ1v) is 14.9. The van der Waals surface area contributed by atoms with Gasteiger partial charge in [0.05, 0.1) is 46.0 Å². The summed E-state index contributed by atoms with van der Waals surface area (Å²) in [7, 11) is 0. The Hall–Kier alpha value is -5.11. The molecule has 2 aliphatic heterocycles. The van der Waals surface area contributed by atoms with Crippen molar-refractivity contribution >= 4 is 35.1 Å². The van der Waals surface area contributed by atoms with Crippen LogP contribution < -0.4 is 15.4 Å². The van der Waals surface area contributed by atoms with E-state index in [1.807, 2.05) is 0 Å². The number of cyclic esters (lactones) is 1. The molecule has 0 radical (unpaired) electrons. The molecule has 1 fully saturated rings. The summed E-state index contributed by atoms with van der Waals surface area (Å²) < 4.78 is 54.3. The second-order valence-electron chi connectivity index (χ2n) is 11.8. The van der Waals surface area contributed by atoms with Crippen molar-refractivity contribution < 1.29 is 37.0 Å². The molecule has 11 nitrogen and oxygen atoms in total. The Bertz CT molecular complexity index is 1970. The summed E-state index contributed by atoms with van der Waals surface area (Å²) in [4.78, 5) is 57.1. The van der Waals surface area contributed by atoms with Crippen LogP contribution in [0.2, 0.25) is 5.02 Å². The smallest absolute Gasteiger partial charge is 0.449 e. The third kappa shape index (κ3) is 5.52. The number of aromatic nitrogens is 4. The minimum Gasteiger partial charge on any atom is -0.449 e. The molecule has 7 rings (SSSR count). The van der Waals surface area contributed by atoms with E-state index in [-0.39, 0.29) is 56.8 Å². The lowest BCUT2D eigenvalue weighted by molar-refractivity contribution is -0.193. The Morgan fingerprint density at radius 2 is 1.81 bits per heavy atom. The van der Waals surface area contributed by atoms with E-state index in [1.165, 1.54) is 42.7 Å². The quantitative estimate of drug-likeness (QED) is 0.259. The number of nitrogens with two attached hydrogens (primary N) is 1. The standard InChI is InChI=1S/C32H24ClF3N6O5/c1-31(10-19-6-5-18(34)13-38-19)27-26(29(44)47-31)24(25(28(37)43)20(41-27)8-15-2-3-15)16-4-7-21-22(9-16)46-32(35,36)30(45)42(21)14-23-39-11-17(33)12-40-23/h4-7,9,11-13,15H,2-3,8,10,14H2,1H3,(H2,37,43). The maximum absolute atomic E-state index is 15.0. The Morgan fingerprint density at radius 3 is 2.47 bits per heavy atom. The molecule has 15 heteroatoms. The van der Waals surface area contributed by atoms with Crippen LogP contribution in [0.15, 0.2) is 48.9 Å². The van der Waals surface area contributed by atoms with Crippen molar-refractivity contribution in [3.63, 3.8) is 0 Å². The molecule has 0 bridgehead atoms. The van der Waals surface area contributed by atoms with Gasteiger partial charge in [0.2, 0.25) is 0 Å². The molecule has 47 heavy (non-hydrogen) atoms. The van der Waals surface area contributed by atoms with Crippen LogP contribution >= 0.6 is 11.6 Å². The van der Waals surface area contributed by atoms with Gasteiger partial charge in [-0.1, -0.05) is 17.7 Å². The molecule has 2 amide bonds. The molecule has 240 valence electrons. The number of carbonyl (C=O) groups excluding carboxylic acids is 3. The number of alkyl halides is 2. The number of ether oxygens (including phenoxy) is 2. The number of benzene rings is 1. The number of nitrogens with zero attached hydrogens (tertiary/aromatic N) is 5. The van der Waals surface area contributed by atoms with Gasteiger partial charge in [-0.2, -0.15) is 8.78 Å². The Balaban J connectivity index is 1.39. The highest BCUT2D eigenvalue weighted by atomic mass is 35.5. The van der Waals surface area contributed by atoms with Crippen molar-refractivity contribution in [3.05, 3.63) is 93.8 Å². The number of amides is 2. The fraction of sp³-hybridized carbons (Fsp3) is 0.281. The van der Waals surface area contributed by atoms with Crippen LogP contribution in [0.4, 0.5) is 18.9 Å². The molecule has 4 aromatic rings. The zero-order valence-corrected chi connectivity index (χ0v) is 25.4. The molecule has 5 heterocycles. The molecule has 1 aromatic carbocycles. The third-order valence-electron chi connectivity index (χ3n) is 8.27. The number of rotatable bonds is 8. The number of hydrogen-bond donors (Lipinski definition) is 1.